The molecule has 0 unspecified atom stereocenters. The van der Waals surface area contributed by atoms with Crippen molar-refractivity contribution in [3.05, 3.63) is 78.9 Å². The van der Waals surface area contributed by atoms with Crippen LogP contribution in [0.3, 0.4) is 0 Å². The molecule has 2 N–H and O–H groups in total. The normalized spacial score (nSPS) is 10.9. The van der Waals surface area contributed by atoms with E-state index in [1.165, 1.54) is 10.8 Å². The summed E-state index contributed by atoms with van der Waals surface area (Å²) in [6.07, 6.45) is 0. The Morgan fingerprint density at radius 1 is 0.727 bits per heavy atom. The van der Waals surface area contributed by atoms with Gasteiger partial charge < -0.3 is 5.73 Å². The smallest absolute Gasteiger partial charge is 0.127 e. The van der Waals surface area contributed by atoms with Gasteiger partial charge in [0.05, 0.1) is 11.4 Å². The first kappa shape index (κ1) is 12.7. The summed E-state index contributed by atoms with van der Waals surface area (Å²) in [5, 5.41) is 7.03. The van der Waals surface area contributed by atoms with Crippen LogP contribution in [0.1, 0.15) is 0 Å². The second-order valence-electron chi connectivity index (χ2n) is 5.26. The van der Waals surface area contributed by atoms with Gasteiger partial charge in [-0.2, -0.15) is 5.10 Å². The van der Waals surface area contributed by atoms with Crippen LogP contribution in [0.4, 0.5) is 5.82 Å². The fraction of sp³-hybridized carbons (Fsp3) is 0. The number of hydrogen-bond acceptors (Lipinski definition) is 2. The van der Waals surface area contributed by atoms with Gasteiger partial charge in [-0.1, -0.05) is 60.7 Å². The molecule has 0 atom stereocenters. The van der Waals surface area contributed by atoms with Crippen molar-refractivity contribution in [2.45, 2.75) is 0 Å². The lowest BCUT2D eigenvalue weighted by Gasteiger charge is -2.05. The van der Waals surface area contributed by atoms with Gasteiger partial charge in [-0.15, -0.1) is 0 Å². The minimum Gasteiger partial charge on any atom is -0.384 e. The lowest BCUT2D eigenvalue weighted by atomic mass is 10.1. The molecular formula is C19H15N3. The molecule has 0 spiro atoms. The molecule has 22 heavy (non-hydrogen) atoms. The van der Waals surface area contributed by atoms with Crippen LogP contribution in [0.2, 0.25) is 0 Å². The zero-order chi connectivity index (χ0) is 14.9. The van der Waals surface area contributed by atoms with Crippen molar-refractivity contribution in [1.29, 1.82) is 0 Å². The van der Waals surface area contributed by atoms with Crippen LogP contribution in [0.5, 0.6) is 0 Å². The first-order valence-corrected chi connectivity index (χ1v) is 7.21. The Kier molecular flexibility index (Phi) is 2.90. The van der Waals surface area contributed by atoms with Crippen molar-refractivity contribution in [2.75, 3.05) is 5.73 Å². The Balaban J connectivity index is 1.83. The molecule has 0 aliphatic heterocycles. The zero-order valence-corrected chi connectivity index (χ0v) is 12.0. The highest BCUT2D eigenvalue weighted by Gasteiger charge is 2.09. The van der Waals surface area contributed by atoms with E-state index in [2.05, 4.69) is 29.4 Å². The number of hydrogen-bond donors (Lipinski definition) is 1. The average molecular weight is 285 g/mol. The van der Waals surface area contributed by atoms with Crippen LogP contribution in [0, 0.1) is 0 Å². The van der Waals surface area contributed by atoms with E-state index >= 15 is 0 Å². The first-order valence-electron chi connectivity index (χ1n) is 7.21. The molecule has 4 rings (SSSR count). The second-order valence-corrected chi connectivity index (χ2v) is 5.26. The van der Waals surface area contributed by atoms with Crippen LogP contribution in [0.15, 0.2) is 78.9 Å². The highest BCUT2D eigenvalue weighted by atomic mass is 15.3. The number of fused-ring (bicyclic) bond motifs is 1. The molecule has 0 amide bonds. The summed E-state index contributed by atoms with van der Waals surface area (Å²) in [7, 11) is 0. The summed E-state index contributed by atoms with van der Waals surface area (Å²) in [6, 6.07) is 26.5. The van der Waals surface area contributed by atoms with Gasteiger partial charge in [-0.25, -0.2) is 4.68 Å². The Labute approximate surface area is 128 Å². The van der Waals surface area contributed by atoms with E-state index in [1.54, 1.807) is 4.68 Å². The summed E-state index contributed by atoms with van der Waals surface area (Å²) in [4.78, 5) is 0. The van der Waals surface area contributed by atoms with E-state index in [0.717, 1.165) is 16.9 Å². The molecule has 3 heteroatoms. The average Bonchev–Trinajstić information content (AvgIpc) is 2.97. The molecular weight excluding hydrogens is 270 g/mol. The number of nitrogens with zero attached hydrogens (tertiary/aromatic N) is 2. The van der Waals surface area contributed by atoms with E-state index in [-0.39, 0.29) is 0 Å². The van der Waals surface area contributed by atoms with Crippen molar-refractivity contribution in [2.24, 2.45) is 0 Å². The van der Waals surface area contributed by atoms with E-state index in [9.17, 15) is 0 Å². The molecule has 0 bridgehead atoms. The predicted molar refractivity (Wildman–Crippen MR) is 90.9 cm³/mol. The summed E-state index contributed by atoms with van der Waals surface area (Å²) >= 11 is 0. The maximum atomic E-state index is 6.16. The van der Waals surface area contributed by atoms with Gasteiger partial charge in [0.1, 0.15) is 5.82 Å². The predicted octanol–water partition coefficient (Wildman–Crippen LogP) is 4.27. The Morgan fingerprint density at radius 2 is 1.45 bits per heavy atom. The fourth-order valence-electron chi connectivity index (χ4n) is 2.66. The third-order valence-corrected chi connectivity index (χ3v) is 3.78. The van der Waals surface area contributed by atoms with Crippen molar-refractivity contribution in [1.82, 2.24) is 9.78 Å². The van der Waals surface area contributed by atoms with Gasteiger partial charge in [0, 0.05) is 11.6 Å². The van der Waals surface area contributed by atoms with Crippen LogP contribution >= 0.6 is 0 Å². The number of aromatic nitrogens is 2. The molecule has 0 saturated heterocycles. The van der Waals surface area contributed by atoms with Gasteiger partial charge >= 0.3 is 0 Å². The van der Waals surface area contributed by atoms with Crippen LogP contribution < -0.4 is 5.73 Å². The fourth-order valence-corrected chi connectivity index (χ4v) is 2.66. The first-order chi connectivity index (χ1) is 10.8. The molecule has 3 nitrogen and oxygen atoms in total. The lowest BCUT2D eigenvalue weighted by molar-refractivity contribution is 0.897. The summed E-state index contributed by atoms with van der Waals surface area (Å²) in [5.74, 6) is 0.633. The van der Waals surface area contributed by atoms with Crippen LogP contribution in [0.25, 0.3) is 27.7 Å². The van der Waals surface area contributed by atoms with Gasteiger partial charge in [-0.05, 0) is 22.9 Å². The van der Waals surface area contributed by atoms with Gasteiger partial charge in [0.15, 0.2) is 0 Å². The highest BCUT2D eigenvalue weighted by molar-refractivity contribution is 5.84. The van der Waals surface area contributed by atoms with Crippen molar-refractivity contribution in [3.63, 3.8) is 0 Å². The Morgan fingerprint density at radius 3 is 2.27 bits per heavy atom. The van der Waals surface area contributed by atoms with E-state index in [0.29, 0.717) is 5.82 Å². The third kappa shape index (κ3) is 2.13. The third-order valence-electron chi connectivity index (χ3n) is 3.78. The zero-order valence-electron chi connectivity index (χ0n) is 12.0. The molecule has 106 valence electrons. The number of anilines is 1. The number of rotatable bonds is 2. The largest absolute Gasteiger partial charge is 0.384 e. The van der Waals surface area contributed by atoms with Crippen LogP contribution in [-0.2, 0) is 0 Å². The Hall–Kier alpha value is -3.07. The summed E-state index contributed by atoms with van der Waals surface area (Å²) in [6.45, 7) is 0. The molecule has 0 radical (unpaired) electrons. The molecule has 0 saturated carbocycles. The van der Waals surface area contributed by atoms with E-state index in [4.69, 9.17) is 5.73 Å². The quantitative estimate of drug-likeness (QED) is 0.597. The van der Waals surface area contributed by atoms with E-state index < -0.39 is 0 Å². The van der Waals surface area contributed by atoms with Crippen molar-refractivity contribution >= 4 is 16.6 Å². The van der Waals surface area contributed by atoms with Crippen molar-refractivity contribution < 1.29 is 0 Å². The number of nitrogen functional groups attached to an aromatic ring is 1. The van der Waals surface area contributed by atoms with Crippen molar-refractivity contribution in [3.8, 4) is 16.9 Å². The summed E-state index contributed by atoms with van der Waals surface area (Å²) < 4.78 is 1.79. The SMILES string of the molecule is Nc1cc(-c2ccccc2)nn1-c1ccc2ccccc2c1. The highest BCUT2D eigenvalue weighted by Crippen LogP contribution is 2.24. The second kappa shape index (κ2) is 5.04. The molecule has 1 aromatic heterocycles. The molecule has 0 aliphatic carbocycles. The van der Waals surface area contributed by atoms with Crippen LogP contribution in [-0.4, -0.2) is 9.78 Å². The van der Waals surface area contributed by atoms with E-state index in [1.807, 2.05) is 54.6 Å². The minimum absolute atomic E-state index is 0.633. The molecule has 0 fully saturated rings. The number of benzene rings is 3. The molecule has 1 heterocycles. The maximum Gasteiger partial charge on any atom is 0.127 e. The van der Waals surface area contributed by atoms with Gasteiger partial charge in [0.2, 0.25) is 0 Å². The monoisotopic (exact) mass is 285 g/mol. The van der Waals surface area contributed by atoms with Gasteiger partial charge in [-0.3, -0.25) is 0 Å². The maximum absolute atomic E-state index is 6.16. The Bertz CT molecular complexity index is 939. The lowest BCUT2D eigenvalue weighted by Crippen LogP contribution is -2.01. The minimum atomic E-state index is 0.633. The topological polar surface area (TPSA) is 43.8 Å². The summed E-state index contributed by atoms with van der Waals surface area (Å²) in [5.41, 5.74) is 9.07. The standard InChI is InChI=1S/C19H15N3/c20-19-13-18(15-7-2-1-3-8-15)21-22(19)17-11-10-14-6-4-5-9-16(14)12-17/h1-13H,20H2. The van der Waals surface area contributed by atoms with Gasteiger partial charge in [0.25, 0.3) is 0 Å². The molecule has 3 aromatic carbocycles. The molecule has 4 aromatic rings. The number of nitrogens with two attached hydrogens (primary N) is 1. The molecule has 0 aliphatic rings.